The first kappa shape index (κ1) is 18.9. The molecule has 6 heteroatoms. The van der Waals surface area contributed by atoms with Crippen molar-refractivity contribution in [3.63, 3.8) is 0 Å². The van der Waals surface area contributed by atoms with Gasteiger partial charge in [0.2, 0.25) is 0 Å². The number of ether oxygens (including phenoxy) is 4. The third kappa shape index (κ3) is 4.18. The van der Waals surface area contributed by atoms with Gasteiger partial charge in [0.15, 0.2) is 23.0 Å². The van der Waals surface area contributed by atoms with Crippen LogP contribution in [0.1, 0.15) is 17.0 Å². The molecule has 1 atom stereocenters. The van der Waals surface area contributed by atoms with Crippen molar-refractivity contribution in [3.05, 3.63) is 45.9 Å². The van der Waals surface area contributed by atoms with Gasteiger partial charge in [0.25, 0.3) is 0 Å². The fraction of sp³-hybridized carbons (Fsp3) is 0.316. The summed E-state index contributed by atoms with van der Waals surface area (Å²) in [6, 6.07) is 11.6. The van der Waals surface area contributed by atoms with Crippen molar-refractivity contribution in [3.8, 4) is 29.1 Å². The lowest BCUT2D eigenvalue weighted by atomic mass is 9.92. The predicted octanol–water partition coefficient (Wildman–Crippen LogP) is 4.33. The van der Waals surface area contributed by atoms with Crippen LogP contribution in [-0.2, 0) is 6.42 Å². The van der Waals surface area contributed by atoms with Crippen LogP contribution in [0.5, 0.6) is 23.0 Å². The first-order chi connectivity index (χ1) is 12.1. The van der Waals surface area contributed by atoms with Crippen molar-refractivity contribution >= 4 is 15.9 Å². The minimum Gasteiger partial charge on any atom is -0.493 e. The molecule has 2 rings (SSSR count). The molecule has 0 unspecified atom stereocenters. The van der Waals surface area contributed by atoms with E-state index in [9.17, 15) is 5.26 Å². The lowest BCUT2D eigenvalue weighted by Gasteiger charge is -2.16. The van der Waals surface area contributed by atoms with Crippen molar-refractivity contribution in [1.82, 2.24) is 0 Å². The second-order valence-corrected chi connectivity index (χ2v) is 6.15. The summed E-state index contributed by atoms with van der Waals surface area (Å²) in [6.07, 6.45) is 0.521. The molecule has 0 fully saturated rings. The van der Waals surface area contributed by atoms with E-state index in [1.807, 2.05) is 30.3 Å². The Balaban J connectivity index is 2.36. The van der Waals surface area contributed by atoms with Gasteiger partial charge < -0.3 is 18.9 Å². The summed E-state index contributed by atoms with van der Waals surface area (Å²) in [6.45, 7) is 0. The third-order valence-corrected chi connectivity index (χ3v) is 4.68. The standard InChI is InChI=1S/C19H20BrNO4/c1-22-16-6-5-12(8-17(16)23-2)14(11-21)7-13-9-18(24-3)19(25-4)10-15(13)20/h5-6,8-10,14H,7H2,1-4H3/t14-/m1/s1. The van der Waals surface area contributed by atoms with Crippen molar-refractivity contribution in [2.24, 2.45) is 0 Å². The van der Waals surface area contributed by atoms with Gasteiger partial charge in [-0.3, -0.25) is 0 Å². The van der Waals surface area contributed by atoms with Crippen LogP contribution in [0.4, 0.5) is 0 Å². The fourth-order valence-electron chi connectivity index (χ4n) is 2.58. The largest absolute Gasteiger partial charge is 0.493 e. The molecule has 0 aromatic heterocycles. The number of hydrogen-bond donors (Lipinski definition) is 0. The van der Waals surface area contributed by atoms with Crippen LogP contribution in [0.25, 0.3) is 0 Å². The molecule has 0 aliphatic carbocycles. The number of rotatable bonds is 7. The van der Waals surface area contributed by atoms with Crippen molar-refractivity contribution in [2.75, 3.05) is 28.4 Å². The van der Waals surface area contributed by atoms with Gasteiger partial charge in [-0.15, -0.1) is 0 Å². The average molecular weight is 406 g/mol. The number of nitriles is 1. The minimum atomic E-state index is -0.339. The normalized spacial score (nSPS) is 11.4. The van der Waals surface area contributed by atoms with Crippen LogP contribution in [0.2, 0.25) is 0 Å². The number of benzene rings is 2. The van der Waals surface area contributed by atoms with Gasteiger partial charge in [-0.25, -0.2) is 0 Å². The molecular weight excluding hydrogens is 386 g/mol. The molecule has 2 aromatic rings. The number of hydrogen-bond acceptors (Lipinski definition) is 5. The van der Waals surface area contributed by atoms with Gasteiger partial charge >= 0.3 is 0 Å². The van der Waals surface area contributed by atoms with E-state index in [4.69, 9.17) is 18.9 Å². The summed E-state index contributed by atoms with van der Waals surface area (Å²) < 4.78 is 22.1. The summed E-state index contributed by atoms with van der Waals surface area (Å²) in [5, 5.41) is 9.66. The lowest BCUT2D eigenvalue weighted by Crippen LogP contribution is -2.03. The Bertz CT molecular complexity index is 786. The highest BCUT2D eigenvalue weighted by atomic mass is 79.9. The summed E-state index contributed by atoms with van der Waals surface area (Å²) >= 11 is 3.54. The summed E-state index contributed by atoms with van der Waals surface area (Å²) in [4.78, 5) is 0. The highest BCUT2D eigenvalue weighted by molar-refractivity contribution is 9.10. The van der Waals surface area contributed by atoms with E-state index in [0.717, 1.165) is 15.6 Å². The Morgan fingerprint density at radius 3 is 2.00 bits per heavy atom. The van der Waals surface area contributed by atoms with Crippen LogP contribution in [-0.4, -0.2) is 28.4 Å². The molecule has 2 aromatic carbocycles. The Hall–Kier alpha value is -2.39. The van der Waals surface area contributed by atoms with E-state index < -0.39 is 0 Å². The average Bonchev–Trinajstić information content (AvgIpc) is 2.66. The zero-order valence-electron chi connectivity index (χ0n) is 14.6. The number of nitrogens with zero attached hydrogens (tertiary/aromatic N) is 1. The van der Waals surface area contributed by atoms with E-state index in [-0.39, 0.29) is 5.92 Å². The molecular formula is C19H20BrNO4. The van der Waals surface area contributed by atoms with E-state index >= 15 is 0 Å². The maximum Gasteiger partial charge on any atom is 0.161 e. The number of methoxy groups -OCH3 is 4. The molecule has 0 saturated heterocycles. The molecule has 0 spiro atoms. The second kappa shape index (κ2) is 8.63. The highest BCUT2D eigenvalue weighted by Crippen LogP contribution is 2.37. The van der Waals surface area contributed by atoms with Crippen molar-refractivity contribution in [2.45, 2.75) is 12.3 Å². The Kier molecular flexibility index (Phi) is 6.54. The third-order valence-electron chi connectivity index (χ3n) is 3.94. The monoisotopic (exact) mass is 405 g/mol. The van der Waals surface area contributed by atoms with Gasteiger partial charge in [0.05, 0.1) is 40.4 Å². The Morgan fingerprint density at radius 2 is 1.44 bits per heavy atom. The van der Waals surface area contributed by atoms with E-state index in [0.29, 0.717) is 29.4 Å². The Morgan fingerprint density at radius 1 is 0.880 bits per heavy atom. The molecule has 5 nitrogen and oxygen atoms in total. The van der Waals surface area contributed by atoms with Gasteiger partial charge in [0.1, 0.15) is 0 Å². The minimum absolute atomic E-state index is 0.339. The van der Waals surface area contributed by atoms with Crippen LogP contribution in [0, 0.1) is 11.3 Å². The van der Waals surface area contributed by atoms with Gasteiger partial charge in [0, 0.05) is 4.47 Å². The first-order valence-corrected chi connectivity index (χ1v) is 8.39. The van der Waals surface area contributed by atoms with Crippen molar-refractivity contribution < 1.29 is 18.9 Å². The molecule has 0 amide bonds. The van der Waals surface area contributed by atoms with Crippen LogP contribution < -0.4 is 18.9 Å². The first-order valence-electron chi connectivity index (χ1n) is 7.59. The van der Waals surface area contributed by atoms with Crippen LogP contribution >= 0.6 is 15.9 Å². The molecule has 0 heterocycles. The smallest absolute Gasteiger partial charge is 0.161 e. The van der Waals surface area contributed by atoms with Gasteiger partial charge in [-0.1, -0.05) is 22.0 Å². The van der Waals surface area contributed by atoms with Gasteiger partial charge in [-0.05, 0) is 41.8 Å². The maximum absolute atomic E-state index is 9.66. The van der Waals surface area contributed by atoms with E-state index in [1.54, 1.807) is 28.4 Å². The molecule has 25 heavy (non-hydrogen) atoms. The van der Waals surface area contributed by atoms with Crippen LogP contribution in [0.3, 0.4) is 0 Å². The Labute approximate surface area is 156 Å². The summed E-state index contributed by atoms with van der Waals surface area (Å²) in [5.41, 5.74) is 1.82. The molecule has 132 valence electrons. The van der Waals surface area contributed by atoms with Crippen molar-refractivity contribution in [1.29, 1.82) is 5.26 Å². The predicted molar refractivity (Wildman–Crippen MR) is 98.9 cm³/mol. The topological polar surface area (TPSA) is 60.7 Å². The highest BCUT2D eigenvalue weighted by Gasteiger charge is 2.18. The van der Waals surface area contributed by atoms with E-state index in [1.165, 1.54) is 0 Å². The maximum atomic E-state index is 9.66. The zero-order chi connectivity index (χ0) is 18.4. The molecule has 0 bridgehead atoms. The molecule has 0 radical (unpaired) electrons. The molecule has 0 N–H and O–H groups in total. The van der Waals surface area contributed by atoms with Crippen LogP contribution in [0.15, 0.2) is 34.8 Å². The summed E-state index contributed by atoms with van der Waals surface area (Å²) in [7, 11) is 6.34. The quantitative estimate of drug-likeness (QED) is 0.685. The summed E-state index contributed by atoms with van der Waals surface area (Å²) in [5.74, 6) is 2.17. The SMILES string of the molecule is COc1ccc([C@@H](C#N)Cc2cc(OC)c(OC)cc2Br)cc1OC. The zero-order valence-corrected chi connectivity index (χ0v) is 16.2. The second-order valence-electron chi connectivity index (χ2n) is 5.30. The molecule has 0 saturated carbocycles. The molecule has 0 aliphatic rings. The fourth-order valence-corrected chi connectivity index (χ4v) is 3.06. The van der Waals surface area contributed by atoms with E-state index in [2.05, 4.69) is 22.0 Å². The van der Waals surface area contributed by atoms with Gasteiger partial charge in [-0.2, -0.15) is 5.26 Å². The number of halogens is 1. The molecule has 0 aliphatic heterocycles. The lowest BCUT2D eigenvalue weighted by molar-refractivity contribution is 0.354.